The molecule has 2 aromatic carbocycles. The van der Waals surface area contributed by atoms with Crippen LogP contribution in [-0.4, -0.2) is 21.3 Å². The first-order chi connectivity index (χ1) is 9.26. The molecule has 0 fully saturated rings. The predicted octanol–water partition coefficient (Wildman–Crippen LogP) is -0.159. The summed E-state index contributed by atoms with van der Waals surface area (Å²) in [6, 6.07) is 14.3. The lowest BCUT2D eigenvalue weighted by Crippen LogP contribution is -3.61. The van der Waals surface area contributed by atoms with E-state index in [1.54, 1.807) is 21.3 Å². The zero-order valence-electron chi connectivity index (χ0n) is 11.1. The molecule has 3 nitrogen and oxygen atoms in total. The van der Waals surface area contributed by atoms with E-state index < -0.39 is 0 Å². The molecule has 0 radical (unpaired) electrons. The minimum Gasteiger partial charge on any atom is -0.497 e. The Balaban J connectivity index is 2.18. The molecule has 0 atom stereocenters. The van der Waals surface area contributed by atoms with E-state index in [1.165, 1.54) is 7.14 Å². The molecule has 2 rings (SSSR count). The van der Waals surface area contributed by atoms with E-state index in [4.69, 9.17) is 14.2 Å². The highest BCUT2D eigenvalue weighted by Gasteiger charge is 2.18. The maximum atomic E-state index is 5.32. The number of ether oxygens (including phenoxy) is 3. The first kappa shape index (κ1) is 14.0. The third-order valence-corrected chi connectivity index (χ3v) is 5.25. The number of hydrogen-bond donors (Lipinski definition) is 0. The highest BCUT2D eigenvalue weighted by atomic mass is 127. The molecule has 0 heterocycles. The van der Waals surface area contributed by atoms with Gasteiger partial charge in [0, 0.05) is 6.07 Å². The van der Waals surface area contributed by atoms with Crippen LogP contribution < -0.4 is 35.4 Å². The summed E-state index contributed by atoms with van der Waals surface area (Å²) in [5.41, 5.74) is 0. The van der Waals surface area contributed by atoms with Gasteiger partial charge in [-0.25, -0.2) is 0 Å². The summed E-state index contributed by atoms with van der Waals surface area (Å²) in [5.74, 6) is 2.44. The zero-order chi connectivity index (χ0) is 13.7. The maximum absolute atomic E-state index is 5.32. The van der Waals surface area contributed by atoms with E-state index in [0.29, 0.717) is 0 Å². The van der Waals surface area contributed by atoms with Crippen LogP contribution in [0.3, 0.4) is 0 Å². The molecule has 0 spiro atoms. The van der Waals surface area contributed by atoms with Crippen molar-refractivity contribution in [2.24, 2.45) is 0 Å². The molecule has 19 heavy (non-hydrogen) atoms. The van der Waals surface area contributed by atoms with Gasteiger partial charge in [0.2, 0.25) is 0 Å². The Kier molecular flexibility index (Phi) is 4.90. The fraction of sp³-hybridized carbons (Fsp3) is 0.200. The van der Waals surface area contributed by atoms with Crippen LogP contribution in [0.25, 0.3) is 0 Å². The molecule has 100 valence electrons. The van der Waals surface area contributed by atoms with E-state index in [-0.39, 0.29) is 21.2 Å². The summed E-state index contributed by atoms with van der Waals surface area (Å²) in [4.78, 5) is 0. The van der Waals surface area contributed by atoms with Crippen LogP contribution in [0, 0.1) is 7.14 Å². The lowest BCUT2D eigenvalue weighted by atomic mass is 10.3. The van der Waals surface area contributed by atoms with E-state index in [2.05, 4.69) is 24.3 Å². The Bertz CT molecular complexity index is 538. The smallest absolute Gasteiger partial charge is 0.358 e. The van der Waals surface area contributed by atoms with Crippen molar-refractivity contribution < 1.29 is 35.4 Å². The molecule has 0 amide bonds. The second kappa shape index (κ2) is 6.65. The lowest BCUT2D eigenvalue weighted by molar-refractivity contribution is -0.597. The van der Waals surface area contributed by atoms with Crippen molar-refractivity contribution in [2.45, 2.75) is 0 Å². The average Bonchev–Trinajstić information content (AvgIpc) is 2.48. The Morgan fingerprint density at radius 2 is 1.32 bits per heavy atom. The average molecular weight is 371 g/mol. The van der Waals surface area contributed by atoms with Crippen LogP contribution in [-0.2, 0) is 0 Å². The SMILES string of the molecule is COc1ccc([I+]c2ccc(OC)c(OC)c2)cc1. The highest BCUT2D eigenvalue weighted by molar-refractivity contribution is 5.38. The third kappa shape index (κ3) is 3.53. The van der Waals surface area contributed by atoms with Crippen molar-refractivity contribution in [3.63, 3.8) is 0 Å². The minimum absolute atomic E-state index is 0.221. The monoisotopic (exact) mass is 371 g/mol. The normalized spacial score (nSPS) is 10.1. The van der Waals surface area contributed by atoms with Gasteiger partial charge < -0.3 is 14.2 Å². The topological polar surface area (TPSA) is 27.7 Å². The Morgan fingerprint density at radius 1 is 0.684 bits per heavy atom. The molecular weight excluding hydrogens is 355 g/mol. The Labute approximate surface area is 123 Å². The molecule has 0 bridgehead atoms. The molecule has 4 heteroatoms. The maximum Gasteiger partial charge on any atom is 0.358 e. The summed E-state index contributed by atoms with van der Waals surface area (Å²) < 4.78 is 18.4. The van der Waals surface area contributed by atoms with Gasteiger partial charge >= 0.3 is 21.2 Å². The summed E-state index contributed by atoms with van der Waals surface area (Å²) in [6.45, 7) is 0. The predicted molar refractivity (Wildman–Crippen MR) is 69.9 cm³/mol. The molecule has 0 saturated heterocycles. The molecule has 2 aromatic rings. The molecule has 0 aliphatic carbocycles. The fourth-order valence-electron chi connectivity index (χ4n) is 1.63. The van der Waals surface area contributed by atoms with E-state index in [0.717, 1.165) is 17.2 Å². The van der Waals surface area contributed by atoms with Crippen molar-refractivity contribution in [1.82, 2.24) is 0 Å². The van der Waals surface area contributed by atoms with Crippen LogP contribution in [0.1, 0.15) is 0 Å². The number of rotatable bonds is 5. The van der Waals surface area contributed by atoms with Crippen LogP contribution in [0.4, 0.5) is 0 Å². The van der Waals surface area contributed by atoms with Crippen molar-refractivity contribution in [3.05, 3.63) is 49.6 Å². The van der Waals surface area contributed by atoms with Crippen molar-refractivity contribution >= 4 is 0 Å². The van der Waals surface area contributed by atoms with Gasteiger partial charge in [0.1, 0.15) is 5.75 Å². The van der Waals surface area contributed by atoms with Gasteiger partial charge in [0.25, 0.3) is 0 Å². The van der Waals surface area contributed by atoms with Crippen molar-refractivity contribution in [3.8, 4) is 17.2 Å². The van der Waals surface area contributed by atoms with E-state index >= 15 is 0 Å². The van der Waals surface area contributed by atoms with Gasteiger partial charge in [-0.05, 0) is 36.4 Å². The van der Waals surface area contributed by atoms with Crippen LogP contribution in [0.5, 0.6) is 17.2 Å². The number of methoxy groups -OCH3 is 3. The lowest BCUT2D eigenvalue weighted by Gasteiger charge is -2.05. The molecule has 0 aliphatic rings. The fourth-order valence-corrected chi connectivity index (χ4v) is 3.86. The molecule has 0 aliphatic heterocycles. The summed E-state index contributed by atoms with van der Waals surface area (Å²) >= 11 is -0.221. The molecule has 0 unspecified atom stereocenters. The minimum atomic E-state index is -0.221. The second-order valence-corrected chi connectivity index (χ2v) is 6.78. The van der Waals surface area contributed by atoms with Crippen LogP contribution in [0.2, 0.25) is 0 Å². The van der Waals surface area contributed by atoms with Crippen molar-refractivity contribution in [2.75, 3.05) is 21.3 Å². The first-order valence-corrected chi connectivity index (χ1v) is 7.93. The van der Waals surface area contributed by atoms with E-state index in [1.807, 2.05) is 18.2 Å². The van der Waals surface area contributed by atoms with Crippen molar-refractivity contribution in [1.29, 1.82) is 0 Å². The summed E-state index contributed by atoms with van der Waals surface area (Å²) in [6.07, 6.45) is 0. The standard InChI is InChI=1S/C15H16IO3/c1-17-13-7-4-11(5-8-13)16-12-6-9-14(18-2)15(10-12)19-3/h4-10H,1-3H3/q+1. The number of hydrogen-bond acceptors (Lipinski definition) is 3. The number of benzene rings is 2. The zero-order valence-corrected chi connectivity index (χ0v) is 13.3. The third-order valence-electron chi connectivity index (χ3n) is 2.61. The Morgan fingerprint density at radius 3 is 1.89 bits per heavy atom. The summed E-state index contributed by atoms with van der Waals surface area (Å²) in [7, 11) is 4.99. The molecular formula is C15H16IO3+. The van der Waals surface area contributed by atoms with Crippen LogP contribution >= 0.6 is 0 Å². The van der Waals surface area contributed by atoms with Gasteiger partial charge in [-0.3, -0.25) is 0 Å². The molecule has 0 N–H and O–H groups in total. The van der Waals surface area contributed by atoms with E-state index in [9.17, 15) is 0 Å². The van der Waals surface area contributed by atoms with Gasteiger partial charge in [-0.1, -0.05) is 0 Å². The van der Waals surface area contributed by atoms with Gasteiger partial charge in [-0.2, -0.15) is 0 Å². The molecule has 0 aromatic heterocycles. The van der Waals surface area contributed by atoms with Gasteiger partial charge in [-0.15, -0.1) is 0 Å². The molecule has 0 saturated carbocycles. The highest BCUT2D eigenvalue weighted by Crippen LogP contribution is 2.24. The van der Waals surface area contributed by atoms with Crippen LogP contribution in [0.15, 0.2) is 42.5 Å². The first-order valence-electron chi connectivity index (χ1n) is 5.77. The summed E-state index contributed by atoms with van der Waals surface area (Å²) in [5, 5.41) is 0. The number of halogens is 1. The Hall–Kier alpha value is -1.43. The quantitative estimate of drug-likeness (QED) is 0.684. The van der Waals surface area contributed by atoms with Gasteiger partial charge in [0.15, 0.2) is 18.6 Å². The van der Waals surface area contributed by atoms with Gasteiger partial charge in [0.05, 0.1) is 21.3 Å². The largest absolute Gasteiger partial charge is 0.497 e. The second-order valence-electron chi connectivity index (χ2n) is 3.75.